The predicted molar refractivity (Wildman–Crippen MR) is 32.5 cm³/mol. The van der Waals surface area contributed by atoms with Gasteiger partial charge in [0.15, 0.2) is 0 Å². The first-order valence-electron chi connectivity index (χ1n) is 0.655. The summed E-state index contributed by atoms with van der Waals surface area (Å²) in [7, 11) is 0. The summed E-state index contributed by atoms with van der Waals surface area (Å²) in [6, 6.07) is 0. The molecular weight excluding hydrogens is 352 g/mol. The van der Waals surface area contributed by atoms with E-state index in [1.165, 1.54) is 0 Å². The molecule has 0 aromatic rings. The number of halogens is 3. The van der Waals surface area contributed by atoms with Crippen LogP contribution in [0.15, 0.2) is 0 Å². The van der Waals surface area contributed by atoms with Crippen LogP contribution in [0, 0.1) is 0 Å². The van der Waals surface area contributed by atoms with Gasteiger partial charge in [-0.25, -0.2) is 0 Å². The third kappa shape index (κ3) is 23.1. The third-order valence-electron chi connectivity index (χ3n) is 0. The molecule has 0 aliphatic heterocycles. The molecule has 0 unspecified atom stereocenters. The van der Waals surface area contributed by atoms with Gasteiger partial charge in [-0.2, -0.15) is 0 Å². The molecular formula is BBr3Ru. The molecule has 0 fully saturated rings. The van der Waals surface area contributed by atoms with E-state index in [9.17, 15) is 0 Å². The van der Waals surface area contributed by atoms with Gasteiger partial charge in [0.25, 0.3) is 0 Å². The largest absolute Gasteiger partial charge is 0.369 e. The number of hydrogen-bond donors (Lipinski definition) is 0. The monoisotopic (exact) mass is 350 g/mol. The van der Waals surface area contributed by atoms with Crippen molar-refractivity contribution >= 4 is 50.5 Å². The maximum Gasteiger partial charge on any atom is 0.369 e. The second-order valence-electron chi connectivity index (χ2n) is 0.247. The van der Waals surface area contributed by atoms with Gasteiger partial charge >= 0.3 is 3.18 Å². The SMILES string of the molecule is BrB(Br)Br.[Ru]. The summed E-state index contributed by atoms with van der Waals surface area (Å²) in [6.07, 6.45) is 0. The second kappa shape index (κ2) is 6.13. The molecule has 0 aromatic carbocycles. The smallest absolute Gasteiger partial charge is 0.123 e. The van der Waals surface area contributed by atoms with Crippen LogP contribution in [-0.4, -0.2) is 3.18 Å². The van der Waals surface area contributed by atoms with Gasteiger partial charge in [0.05, 0.1) is 0 Å². The molecule has 0 atom stereocenters. The van der Waals surface area contributed by atoms with Crippen LogP contribution in [0.5, 0.6) is 0 Å². The van der Waals surface area contributed by atoms with Gasteiger partial charge in [-0.15, -0.1) is 47.3 Å². The van der Waals surface area contributed by atoms with Crippen LogP contribution >= 0.6 is 47.3 Å². The van der Waals surface area contributed by atoms with Crippen molar-refractivity contribution in [3.8, 4) is 0 Å². The Labute approximate surface area is 69.2 Å². The van der Waals surface area contributed by atoms with Crippen molar-refractivity contribution in [2.45, 2.75) is 0 Å². The van der Waals surface area contributed by atoms with Crippen molar-refractivity contribution in [2.75, 3.05) is 0 Å². The standard InChI is InChI=1S/BBr3.Ru/c2-1(3)4;. The minimum absolute atomic E-state index is 0. The zero-order valence-corrected chi connectivity index (χ0v) is 8.56. The average Bonchev–Trinajstić information content (AvgIpc) is 0.811. The van der Waals surface area contributed by atoms with E-state index in [4.69, 9.17) is 0 Å². The Hall–Kier alpha value is 2.13. The summed E-state index contributed by atoms with van der Waals surface area (Å²) in [5, 5.41) is 0. The molecule has 0 heterocycles. The van der Waals surface area contributed by atoms with E-state index in [0.29, 0.717) is 0 Å². The Kier molecular flexibility index (Phi) is 12.5. The van der Waals surface area contributed by atoms with Gasteiger partial charge < -0.3 is 0 Å². The van der Waals surface area contributed by atoms with E-state index in [2.05, 4.69) is 47.3 Å². The molecule has 32 valence electrons. The maximum absolute atomic E-state index is 3.10. The Balaban J connectivity index is 0. The molecule has 0 aliphatic rings. The number of hydrogen-bond acceptors (Lipinski definition) is 0. The third-order valence-corrected chi connectivity index (χ3v) is 0. The zero-order valence-electron chi connectivity index (χ0n) is 2.06. The van der Waals surface area contributed by atoms with Crippen molar-refractivity contribution in [1.82, 2.24) is 0 Å². The summed E-state index contributed by atoms with van der Waals surface area (Å²) in [5.74, 6) is 0. The second-order valence-corrected chi connectivity index (χ2v) is 6.68. The van der Waals surface area contributed by atoms with E-state index in [0.717, 1.165) is 0 Å². The van der Waals surface area contributed by atoms with Gasteiger partial charge in [0, 0.05) is 19.5 Å². The molecule has 0 spiro atoms. The van der Waals surface area contributed by atoms with Crippen molar-refractivity contribution in [2.24, 2.45) is 0 Å². The Bertz CT molecular complexity index is 11.6. The molecule has 5 heavy (non-hydrogen) atoms. The van der Waals surface area contributed by atoms with Crippen LogP contribution in [0.3, 0.4) is 0 Å². The molecule has 0 N–H and O–H groups in total. The first-order valence-corrected chi connectivity index (χ1v) is 3.40. The quantitative estimate of drug-likeness (QED) is 0.587. The van der Waals surface area contributed by atoms with Crippen molar-refractivity contribution in [1.29, 1.82) is 0 Å². The summed E-state index contributed by atoms with van der Waals surface area (Å²) in [4.78, 5) is 0. The predicted octanol–water partition coefficient (Wildman–Crippen LogP) is 2.15. The van der Waals surface area contributed by atoms with E-state index in [1.54, 1.807) is 0 Å². The van der Waals surface area contributed by atoms with Crippen molar-refractivity contribution < 1.29 is 19.5 Å². The Morgan fingerprint density at radius 3 is 1.00 bits per heavy atom. The van der Waals surface area contributed by atoms with Crippen molar-refractivity contribution in [3.05, 3.63) is 0 Å². The summed E-state index contributed by atoms with van der Waals surface area (Å²) >= 11 is 9.31. The number of rotatable bonds is 0. The van der Waals surface area contributed by atoms with Crippen LogP contribution in [-0.2, 0) is 19.5 Å². The molecule has 0 radical (unpaired) electrons. The molecule has 0 aromatic heterocycles. The van der Waals surface area contributed by atoms with Crippen LogP contribution < -0.4 is 0 Å². The first kappa shape index (κ1) is 10.2. The molecule has 0 amide bonds. The molecule has 0 aliphatic carbocycles. The van der Waals surface area contributed by atoms with Gasteiger partial charge in [-0.1, -0.05) is 0 Å². The zero-order chi connectivity index (χ0) is 3.58. The van der Waals surface area contributed by atoms with Gasteiger partial charge in [-0.3, -0.25) is 0 Å². The summed E-state index contributed by atoms with van der Waals surface area (Å²) in [6.45, 7) is 0. The van der Waals surface area contributed by atoms with E-state index < -0.39 is 0 Å². The fourth-order valence-corrected chi connectivity index (χ4v) is 0. The molecule has 0 saturated carbocycles. The van der Waals surface area contributed by atoms with E-state index >= 15 is 0 Å². The fourth-order valence-electron chi connectivity index (χ4n) is 0. The minimum Gasteiger partial charge on any atom is -0.123 e. The van der Waals surface area contributed by atoms with E-state index in [-0.39, 0.29) is 22.7 Å². The van der Waals surface area contributed by atoms with Gasteiger partial charge in [0.1, 0.15) is 0 Å². The maximum atomic E-state index is 3.10. The first-order chi connectivity index (χ1) is 1.73. The van der Waals surface area contributed by atoms with Crippen LogP contribution in [0.2, 0.25) is 0 Å². The van der Waals surface area contributed by atoms with Crippen molar-refractivity contribution in [3.63, 3.8) is 0 Å². The Morgan fingerprint density at radius 2 is 1.00 bits per heavy atom. The minimum atomic E-state index is 0. The van der Waals surface area contributed by atoms with Crippen LogP contribution in [0.4, 0.5) is 0 Å². The van der Waals surface area contributed by atoms with E-state index in [1.807, 2.05) is 0 Å². The average molecular weight is 352 g/mol. The molecule has 5 heteroatoms. The molecule has 0 nitrogen and oxygen atoms in total. The Morgan fingerprint density at radius 1 is 1.00 bits per heavy atom. The van der Waals surface area contributed by atoms with Gasteiger partial charge in [0.2, 0.25) is 0 Å². The van der Waals surface area contributed by atoms with Gasteiger partial charge in [-0.05, 0) is 0 Å². The summed E-state index contributed by atoms with van der Waals surface area (Å²) in [5.41, 5.74) is 0. The summed E-state index contributed by atoms with van der Waals surface area (Å²) < 4.78 is 0.271. The fraction of sp³-hybridized carbons (Fsp3) is 0. The van der Waals surface area contributed by atoms with Crippen LogP contribution in [0.1, 0.15) is 0 Å². The molecule has 0 saturated heterocycles. The molecule has 0 rings (SSSR count). The van der Waals surface area contributed by atoms with Crippen LogP contribution in [0.25, 0.3) is 0 Å². The topological polar surface area (TPSA) is 0 Å². The normalized spacial score (nSPS) is 5.40. The molecule has 0 bridgehead atoms.